The fourth-order valence-electron chi connectivity index (χ4n) is 2.00. The van der Waals surface area contributed by atoms with Crippen LogP contribution in [0.3, 0.4) is 0 Å². The summed E-state index contributed by atoms with van der Waals surface area (Å²) in [6.07, 6.45) is 1.57. The van der Waals surface area contributed by atoms with Crippen molar-refractivity contribution in [1.82, 2.24) is 15.0 Å². The van der Waals surface area contributed by atoms with E-state index in [0.29, 0.717) is 17.8 Å². The Labute approximate surface area is 141 Å². The Hall–Kier alpha value is -2.45. The van der Waals surface area contributed by atoms with Gasteiger partial charge in [-0.15, -0.1) is 0 Å². The van der Waals surface area contributed by atoms with Gasteiger partial charge in [0.25, 0.3) is 0 Å². The predicted molar refractivity (Wildman–Crippen MR) is 92.1 cm³/mol. The highest BCUT2D eigenvalue weighted by molar-refractivity contribution is 7.89. The van der Waals surface area contributed by atoms with E-state index in [0.717, 1.165) is 5.69 Å². The van der Waals surface area contributed by atoms with Crippen LogP contribution in [0, 0.1) is 6.92 Å². The molecule has 0 unspecified atom stereocenters. The summed E-state index contributed by atoms with van der Waals surface area (Å²) in [5.74, 6) is 0. The summed E-state index contributed by atoms with van der Waals surface area (Å²) in [4.78, 5) is 16.1. The van der Waals surface area contributed by atoms with Gasteiger partial charge in [0.15, 0.2) is 0 Å². The summed E-state index contributed by atoms with van der Waals surface area (Å²) >= 11 is 0. The van der Waals surface area contributed by atoms with Gasteiger partial charge in [-0.1, -0.05) is 19.1 Å². The van der Waals surface area contributed by atoms with Crippen molar-refractivity contribution in [3.05, 3.63) is 53.9 Å². The number of aryl methyl sites for hydroxylation is 1. The van der Waals surface area contributed by atoms with Crippen LogP contribution >= 0.6 is 0 Å². The highest BCUT2D eigenvalue weighted by atomic mass is 32.2. The second kappa shape index (κ2) is 7.89. The number of carbonyl (C=O) groups excluding carboxylic acids is 1. The number of hydrogen-bond acceptors (Lipinski definition) is 4. The van der Waals surface area contributed by atoms with Gasteiger partial charge in [0.1, 0.15) is 0 Å². The Morgan fingerprint density at radius 3 is 2.67 bits per heavy atom. The molecular formula is C16H20N4O3S. The molecule has 0 fully saturated rings. The molecule has 24 heavy (non-hydrogen) atoms. The highest BCUT2D eigenvalue weighted by Crippen LogP contribution is 2.11. The van der Waals surface area contributed by atoms with Crippen LogP contribution in [0.4, 0.5) is 10.5 Å². The standard InChI is InChI=1S/C16H20N4O3S/c1-3-19-24(22,23)15-6-4-5-13(9-15)10-18-16(21)20-14-8-7-12(2)17-11-14/h4-9,11,19H,3,10H2,1-2H3,(H2,18,20,21). The Morgan fingerprint density at radius 2 is 2.00 bits per heavy atom. The number of rotatable bonds is 6. The minimum atomic E-state index is -3.51. The molecule has 0 atom stereocenters. The molecule has 0 saturated heterocycles. The smallest absolute Gasteiger partial charge is 0.319 e. The predicted octanol–water partition coefficient (Wildman–Crippen LogP) is 2.01. The number of benzene rings is 1. The zero-order valence-corrected chi connectivity index (χ0v) is 14.4. The number of amides is 2. The maximum absolute atomic E-state index is 12.0. The van der Waals surface area contributed by atoms with Gasteiger partial charge in [-0.25, -0.2) is 17.9 Å². The molecule has 3 N–H and O–H groups in total. The first-order valence-corrected chi connectivity index (χ1v) is 8.95. The fourth-order valence-corrected chi connectivity index (χ4v) is 3.11. The largest absolute Gasteiger partial charge is 0.334 e. The van der Waals surface area contributed by atoms with Gasteiger partial charge in [0.05, 0.1) is 16.8 Å². The molecular weight excluding hydrogens is 328 g/mol. The summed E-state index contributed by atoms with van der Waals surface area (Å²) < 4.78 is 26.4. The van der Waals surface area contributed by atoms with E-state index < -0.39 is 10.0 Å². The molecule has 2 rings (SSSR count). The van der Waals surface area contributed by atoms with Gasteiger partial charge in [0.2, 0.25) is 10.0 Å². The van der Waals surface area contributed by atoms with Gasteiger partial charge < -0.3 is 10.6 Å². The van der Waals surface area contributed by atoms with Crippen molar-refractivity contribution in [1.29, 1.82) is 0 Å². The van der Waals surface area contributed by atoms with Crippen molar-refractivity contribution in [2.45, 2.75) is 25.3 Å². The second-order valence-electron chi connectivity index (χ2n) is 5.14. The minimum absolute atomic E-state index is 0.173. The van der Waals surface area contributed by atoms with Crippen molar-refractivity contribution in [3.8, 4) is 0 Å². The van der Waals surface area contributed by atoms with Gasteiger partial charge in [0, 0.05) is 18.8 Å². The quantitative estimate of drug-likeness (QED) is 0.743. The van der Waals surface area contributed by atoms with Crippen LogP contribution in [0.25, 0.3) is 0 Å². The molecule has 8 heteroatoms. The third-order valence-corrected chi connectivity index (χ3v) is 4.71. The van der Waals surface area contributed by atoms with Crippen LogP contribution in [0.2, 0.25) is 0 Å². The lowest BCUT2D eigenvalue weighted by Crippen LogP contribution is -2.28. The molecule has 1 aromatic heterocycles. The van der Waals surface area contributed by atoms with Crippen molar-refractivity contribution in [2.24, 2.45) is 0 Å². The molecule has 0 aliphatic carbocycles. The number of carbonyl (C=O) groups is 1. The normalized spacial score (nSPS) is 11.1. The van der Waals surface area contributed by atoms with Crippen molar-refractivity contribution in [2.75, 3.05) is 11.9 Å². The lowest BCUT2D eigenvalue weighted by molar-refractivity contribution is 0.251. The maximum Gasteiger partial charge on any atom is 0.319 e. The zero-order valence-electron chi connectivity index (χ0n) is 13.5. The molecule has 1 aromatic carbocycles. The minimum Gasteiger partial charge on any atom is -0.334 e. The molecule has 0 spiro atoms. The first-order valence-electron chi connectivity index (χ1n) is 7.47. The molecule has 1 heterocycles. The number of pyridine rings is 1. The number of nitrogens with zero attached hydrogens (tertiary/aromatic N) is 1. The summed E-state index contributed by atoms with van der Waals surface area (Å²) in [7, 11) is -3.51. The van der Waals surface area contributed by atoms with Crippen LogP contribution in [-0.2, 0) is 16.6 Å². The average Bonchev–Trinajstić information content (AvgIpc) is 2.55. The van der Waals surface area contributed by atoms with Crippen molar-refractivity contribution in [3.63, 3.8) is 0 Å². The molecule has 0 saturated carbocycles. The van der Waals surface area contributed by atoms with E-state index in [1.807, 2.05) is 6.92 Å². The third kappa shape index (κ3) is 5.04. The SMILES string of the molecule is CCNS(=O)(=O)c1cccc(CNC(=O)Nc2ccc(C)nc2)c1. The Morgan fingerprint density at radius 1 is 1.21 bits per heavy atom. The van der Waals surface area contributed by atoms with Crippen LogP contribution in [0.15, 0.2) is 47.5 Å². The summed E-state index contributed by atoms with van der Waals surface area (Å²) in [5, 5.41) is 5.34. The molecule has 7 nitrogen and oxygen atoms in total. The van der Waals surface area contributed by atoms with Gasteiger partial charge >= 0.3 is 6.03 Å². The van der Waals surface area contributed by atoms with E-state index in [9.17, 15) is 13.2 Å². The molecule has 0 aliphatic heterocycles. The van der Waals surface area contributed by atoms with Crippen LogP contribution < -0.4 is 15.4 Å². The van der Waals surface area contributed by atoms with Crippen LogP contribution in [-0.4, -0.2) is 26.0 Å². The number of nitrogens with one attached hydrogen (secondary N) is 3. The number of aromatic nitrogens is 1. The highest BCUT2D eigenvalue weighted by Gasteiger charge is 2.12. The van der Waals surface area contributed by atoms with E-state index in [2.05, 4.69) is 20.3 Å². The first kappa shape index (κ1) is 17.9. The molecule has 2 aromatic rings. The monoisotopic (exact) mass is 348 g/mol. The molecule has 2 amide bonds. The molecule has 0 radical (unpaired) electrons. The molecule has 0 aliphatic rings. The van der Waals surface area contributed by atoms with Gasteiger partial charge in [-0.2, -0.15) is 0 Å². The van der Waals surface area contributed by atoms with E-state index in [-0.39, 0.29) is 17.5 Å². The first-order chi connectivity index (χ1) is 11.4. The van der Waals surface area contributed by atoms with Crippen molar-refractivity contribution < 1.29 is 13.2 Å². The lowest BCUT2D eigenvalue weighted by atomic mass is 10.2. The lowest BCUT2D eigenvalue weighted by Gasteiger charge is -2.09. The van der Waals surface area contributed by atoms with Gasteiger partial charge in [-0.3, -0.25) is 4.98 Å². The zero-order chi connectivity index (χ0) is 17.6. The van der Waals surface area contributed by atoms with Crippen LogP contribution in [0.1, 0.15) is 18.2 Å². The summed E-state index contributed by atoms with van der Waals surface area (Å²) in [6.45, 7) is 4.10. The van der Waals surface area contributed by atoms with E-state index in [1.54, 1.807) is 37.4 Å². The van der Waals surface area contributed by atoms with Crippen LogP contribution in [0.5, 0.6) is 0 Å². The second-order valence-corrected chi connectivity index (χ2v) is 6.91. The van der Waals surface area contributed by atoms with E-state index in [4.69, 9.17) is 0 Å². The topological polar surface area (TPSA) is 100 Å². The number of urea groups is 1. The summed E-state index contributed by atoms with van der Waals surface area (Å²) in [5.41, 5.74) is 2.13. The van der Waals surface area contributed by atoms with Gasteiger partial charge in [-0.05, 0) is 36.8 Å². The molecule has 0 bridgehead atoms. The number of anilines is 1. The number of sulfonamides is 1. The summed E-state index contributed by atoms with van der Waals surface area (Å²) in [6, 6.07) is 9.60. The maximum atomic E-state index is 12.0. The third-order valence-electron chi connectivity index (χ3n) is 3.17. The molecule has 128 valence electrons. The van der Waals surface area contributed by atoms with Crippen molar-refractivity contribution >= 4 is 21.7 Å². The Kier molecular flexibility index (Phi) is 5.88. The average molecular weight is 348 g/mol. The Balaban J connectivity index is 1.96. The van der Waals surface area contributed by atoms with E-state index >= 15 is 0 Å². The van der Waals surface area contributed by atoms with E-state index in [1.165, 1.54) is 12.1 Å². The Bertz CT molecular complexity index is 804. The fraction of sp³-hybridized carbons (Fsp3) is 0.250. The number of hydrogen-bond donors (Lipinski definition) is 3.